The molecule has 76 valence electrons. The van der Waals surface area contributed by atoms with Crippen molar-refractivity contribution in [2.45, 2.75) is 38.3 Å². The number of carbonyl (C=O) groups is 1. The van der Waals surface area contributed by atoms with Gasteiger partial charge in [0.25, 0.3) is 0 Å². The molecule has 0 bridgehead atoms. The maximum absolute atomic E-state index is 10.8. The fourth-order valence-corrected chi connectivity index (χ4v) is 1.95. The minimum Gasteiger partial charge on any atom is -0.465 e. The number of amides is 1. The van der Waals surface area contributed by atoms with E-state index in [9.17, 15) is 4.79 Å². The van der Waals surface area contributed by atoms with Crippen molar-refractivity contribution in [3.63, 3.8) is 0 Å². The monoisotopic (exact) mass is 186 g/mol. The van der Waals surface area contributed by atoms with Crippen molar-refractivity contribution in [1.82, 2.24) is 10.2 Å². The molecule has 0 radical (unpaired) electrons. The van der Waals surface area contributed by atoms with Gasteiger partial charge in [-0.25, -0.2) is 4.79 Å². The average molecular weight is 186 g/mol. The first-order valence-corrected chi connectivity index (χ1v) is 4.85. The normalized spacial score (nSPS) is 28.9. The molecule has 4 nitrogen and oxygen atoms in total. The van der Waals surface area contributed by atoms with Gasteiger partial charge in [0.15, 0.2) is 0 Å². The van der Waals surface area contributed by atoms with Crippen molar-refractivity contribution >= 4 is 6.09 Å². The molecule has 13 heavy (non-hydrogen) atoms. The first kappa shape index (κ1) is 10.3. The molecule has 1 saturated heterocycles. The van der Waals surface area contributed by atoms with Crippen LogP contribution in [0.5, 0.6) is 0 Å². The van der Waals surface area contributed by atoms with Crippen LogP contribution in [0.1, 0.15) is 26.2 Å². The second kappa shape index (κ2) is 4.46. The van der Waals surface area contributed by atoms with E-state index in [1.54, 1.807) is 4.90 Å². The van der Waals surface area contributed by atoms with E-state index in [0.717, 1.165) is 19.3 Å². The summed E-state index contributed by atoms with van der Waals surface area (Å²) in [6, 6.07) is 0.684. The lowest BCUT2D eigenvalue weighted by molar-refractivity contribution is 0.0960. The smallest absolute Gasteiger partial charge is 0.407 e. The predicted octanol–water partition coefficient (Wildman–Crippen LogP) is 1.13. The summed E-state index contributed by atoms with van der Waals surface area (Å²) in [6.07, 6.45) is 2.00. The van der Waals surface area contributed by atoms with E-state index in [1.165, 1.54) is 0 Å². The summed E-state index contributed by atoms with van der Waals surface area (Å²) in [5, 5.41) is 12.1. The van der Waals surface area contributed by atoms with Gasteiger partial charge < -0.3 is 15.3 Å². The maximum atomic E-state index is 10.8. The van der Waals surface area contributed by atoms with Gasteiger partial charge in [-0.1, -0.05) is 6.92 Å². The highest BCUT2D eigenvalue weighted by molar-refractivity contribution is 5.65. The molecule has 1 heterocycles. The van der Waals surface area contributed by atoms with E-state index >= 15 is 0 Å². The molecule has 2 N–H and O–H groups in total. The second-order valence-electron chi connectivity index (χ2n) is 3.55. The largest absolute Gasteiger partial charge is 0.465 e. The van der Waals surface area contributed by atoms with Crippen molar-refractivity contribution in [3.05, 3.63) is 0 Å². The Morgan fingerprint density at radius 1 is 1.69 bits per heavy atom. The molecule has 1 aliphatic heterocycles. The Morgan fingerprint density at radius 2 is 2.38 bits per heavy atom. The first-order valence-electron chi connectivity index (χ1n) is 4.85. The summed E-state index contributed by atoms with van der Waals surface area (Å²) in [5.41, 5.74) is 0. The van der Waals surface area contributed by atoms with Gasteiger partial charge in [0, 0.05) is 18.6 Å². The van der Waals surface area contributed by atoms with Crippen LogP contribution in [0, 0.1) is 0 Å². The van der Waals surface area contributed by atoms with Crippen molar-refractivity contribution in [3.8, 4) is 0 Å². The van der Waals surface area contributed by atoms with Crippen LogP contribution in [0.2, 0.25) is 0 Å². The minimum atomic E-state index is -0.776. The Morgan fingerprint density at radius 3 is 2.85 bits per heavy atom. The van der Waals surface area contributed by atoms with Crippen molar-refractivity contribution in [1.29, 1.82) is 0 Å². The average Bonchev–Trinajstić information content (AvgIpc) is 2.16. The molecule has 2 atom stereocenters. The third kappa shape index (κ3) is 2.34. The zero-order chi connectivity index (χ0) is 9.84. The second-order valence-corrected chi connectivity index (χ2v) is 3.55. The lowest BCUT2D eigenvalue weighted by atomic mass is 9.96. The van der Waals surface area contributed by atoms with Crippen LogP contribution in [-0.4, -0.2) is 41.8 Å². The maximum Gasteiger partial charge on any atom is 0.407 e. The lowest BCUT2D eigenvalue weighted by Crippen LogP contribution is -2.49. The fourth-order valence-electron chi connectivity index (χ4n) is 1.95. The molecular formula is C9H18N2O2. The molecule has 0 aromatic heterocycles. The summed E-state index contributed by atoms with van der Waals surface area (Å²) in [6.45, 7) is 2.71. The van der Waals surface area contributed by atoms with Gasteiger partial charge in [0.05, 0.1) is 0 Å². The Bertz CT molecular complexity index is 184. The molecule has 0 aliphatic carbocycles. The molecular weight excluding hydrogens is 168 g/mol. The van der Waals surface area contributed by atoms with Crippen molar-refractivity contribution in [2.24, 2.45) is 0 Å². The quantitative estimate of drug-likeness (QED) is 0.679. The molecule has 1 amide bonds. The Hall–Kier alpha value is -0.770. The Labute approximate surface area is 78.9 Å². The van der Waals surface area contributed by atoms with Crippen LogP contribution in [0.4, 0.5) is 4.79 Å². The van der Waals surface area contributed by atoms with Crippen LogP contribution in [0.3, 0.4) is 0 Å². The standard InChI is InChI=1S/C9H18N2O2/c1-3-8-6-7(10-2)4-5-11(8)9(12)13/h7-8,10H,3-6H2,1-2H3,(H,12,13). The molecule has 0 aromatic carbocycles. The SMILES string of the molecule is CCC1CC(NC)CCN1C(=O)O. The number of hydrogen-bond donors (Lipinski definition) is 2. The number of nitrogens with zero attached hydrogens (tertiary/aromatic N) is 1. The summed E-state index contributed by atoms with van der Waals surface area (Å²) in [4.78, 5) is 12.4. The Balaban J connectivity index is 2.55. The zero-order valence-corrected chi connectivity index (χ0v) is 8.29. The highest BCUT2D eigenvalue weighted by Crippen LogP contribution is 2.19. The summed E-state index contributed by atoms with van der Waals surface area (Å²) in [7, 11) is 1.94. The molecule has 1 aliphatic rings. The van der Waals surface area contributed by atoms with Gasteiger partial charge in [-0.2, -0.15) is 0 Å². The molecule has 1 fully saturated rings. The highest BCUT2D eigenvalue weighted by atomic mass is 16.4. The van der Waals surface area contributed by atoms with Crippen molar-refractivity contribution in [2.75, 3.05) is 13.6 Å². The third-order valence-corrected chi connectivity index (χ3v) is 2.84. The summed E-state index contributed by atoms with van der Waals surface area (Å²) >= 11 is 0. The number of nitrogens with one attached hydrogen (secondary N) is 1. The van der Waals surface area contributed by atoms with Crippen molar-refractivity contribution < 1.29 is 9.90 Å². The van der Waals surface area contributed by atoms with Gasteiger partial charge in [-0.15, -0.1) is 0 Å². The lowest BCUT2D eigenvalue weighted by Gasteiger charge is -2.37. The van der Waals surface area contributed by atoms with Gasteiger partial charge in [-0.05, 0) is 26.3 Å². The predicted molar refractivity (Wildman–Crippen MR) is 50.9 cm³/mol. The van der Waals surface area contributed by atoms with Gasteiger partial charge in [-0.3, -0.25) is 0 Å². The number of hydrogen-bond acceptors (Lipinski definition) is 2. The number of piperidine rings is 1. The number of likely N-dealkylation sites (tertiary alicyclic amines) is 1. The van der Waals surface area contributed by atoms with E-state index in [2.05, 4.69) is 5.32 Å². The van der Waals surface area contributed by atoms with Crippen LogP contribution in [-0.2, 0) is 0 Å². The van der Waals surface area contributed by atoms with E-state index in [-0.39, 0.29) is 6.04 Å². The summed E-state index contributed by atoms with van der Waals surface area (Å²) < 4.78 is 0. The molecule has 0 spiro atoms. The van der Waals surface area contributed by atoms with Gasteiger partial charge in [0.1, 0.15) is 0 Å². The topological polar surface area (TPSA) is 52.6 Å². The Kier molecular flexibility index (Phi) is 3.54. The number of carboxylic acid groups (broad SMARTS) is 1. The van der Waals surface area contributed by atoms with Gasteiger partial charge >= 0.3 is 6.09 Å². The minimum absolute atomic E-state index is 0.198. The molecule has 2 unspecified atom stereocenters. The fraction of sp³-hybridized carbons (Fsp3) is 0.889. The molecule has 1 rings (SSSR count). The molecule has 4 heteroatoms. The summed E-state index contributed by atoms with van der Waals surface area (Å²) in [5.74, 6) is 0. The molecule has 0 aromatic rings. The van der Waals surface area contributed by atoms with E-state index in [0.29, 0.717) is 12.6 Å². The molecule has 0 saturated carbocycles. The highest BCUT2D eigenvalue weighted by Gasteiger charge is 2.29. The van der Waals surface area contributed by atoms with E-state index < -0.39 is 6.09 Å². The van der Waals surface area contributed by atoms with Crippen LogP contribution >= 0.6 is 0 Å². The first-order chi connectivity index (χ1) is 6.19. The number of rotatable bonds is 2. The third-order valence-electron chi connectivity index (χ3n) is 2.84. The van der Waals surface area contributed by atoms with Gasteiger partial charge in [0.2, 0.25) is 0 Å². The van der Waals surface area contributed by atoms with Crippen LogP contribution in [0.25, 0.3) is 0 Å². The zero-order valence-electron chi connectivity index (χ0n) is 8.29. The van der Waals surface area contributed by atoms with E-state index in [4.69, 9.17) is 5.11 Å². The van der Waals surface area contributed by atoms with Crippen LogP contribution < -0.4 is 5.32 Å². The van der Waals surface area contributed by atoms with Crippen LogP contribution in [0.15, 0.2) is 0 Å². The van der Waals surface area contributed by atoms with E-state index in [1.807, 2.05) is 14.0 Å².